The molecule has 0 radical (unpaired) electrons. The summed E-state index contributed by atoms with van der Waals surface area (Å²) in [5.74, 6) is -1.52. The summed E-state index contributed by atoms with van der Waals surface area (Å²) in [6, 6.07) is 19.9. The molecule has 1 aliphatic heterocycles. The van der Waals surface area contributed by atoms with Gasteiger partial charge in [0.2, 0.25) is 0 Å². The van der Waals surface area contributed by atoms with E-state index in [0.717, 1.165) is 11.1 Å². The van der Waals surface area contributed by atoms with Crippen molar-refractivity contribution >= 4 is 46.5 Å². The second-order valence-corrected chi connectivity index (χ2v) is 8.59. The topological polar surface area (TPSA) is 117 Å². The molecule has 1 saturated heterocycles. The third-order valence-electron chi connectivity index (χ3n) is 5.13. The largest absolute Gasteiger partial charge is 0.489 e. The second-order valence-electron chi connectivity index (χ2n) is 7.58. The highest BCUT2D eigenvalue weighted by atomic mass is 32.2. The highest BCUT2D eigenvalue weighted by Crippen LogP contribution is 2.33. The Hall–Kier alpha value is -4.37. The third-order valence-corrected chi connectivity index (χ3v) is 6.19. The number of likely N-dealkylation sites (N-methyl/N-ethyl adjacent to an activating group) is 1. The fourth-order valence-corrected chi connectivity index (χ4v) is 4.15. The lowest BCUT2D eigenvalue weighted by Gasteiger charge is -2.07. The molecular formula is C26H20N2O6S. The molecular weight excluding hydrogens is 468 g/mol. The number of rotatable bonds is 7. The minimum absolute atomic E-state index is 0.168. The quantitative estimate of drug-likeness (QED) is 0.455. The number of nitrogens with zero attached hydrogens (tertiary/aromatic N) is 2. The predicted octanol–water partition coefficient (Wildman–Crippen LogP) is 4.90. The number of ether oxygens (including phenoxy) is 1. The molecule has 0 saturated carbocycles. The van der Waals surface area contributed by atoms with Gasteiger partial charge in [-0.1, -0.05) is 24.3 Å². The molecule has 1 fully saturated rings. The van der Waals surface area contributed by atoms with E-state index in [1.54, 1.807) is 49.5 Å². The van der Waals surface area contributed by atoms with Crippen LogP contribution >= 0.6 is 11.8 Å². The van der Waals surface area contributed by atoms with Crippen molar-refractivity contribution in [1.82, 2.24) is 4.90 Å². The van der Waals surface area contributed by atoms with E-state index in [0.29, 0.717) is 28.1 Å². The first-order chi connectivity index (χ1) is 16.8. The summed E-state index contributed by atoms with van der Waals surface area (Å²) in [6.45, 7) is 0.298. The van der Waals surface area contributed by atoms with Gasteiger partial charge in [-0.05, 0) is 77.5 Å². The number of carboxylic acids is 2. The van der Waals surface area contributed by atoms with Gasteiger partial charge in [-0.15, -0.1) is 0 Å². The van der Waals surface area contributed by atoms with E-state index in [2.05, 4.69) is 4.99 Å². The van der Waals surface area contributed by atoms with Gasteiger partial charge >= 0.3 is 11.9 Å². The Balaban J connectivity index is 1.41. The molecule has 8 nitrogen and oxygen atoms in total. The fourth-order valence-electron chi connectivity index (χ4n) is 3.16. The first-order valence-corrected chi connectivity index (χ1v) is 11.3. The summed E-state index contributed by atoms with van der Waals surface area (Å²) in [5.41, 5.74) is 2.61. The van der Waals surface area contributed by atoms with Gasteiger partial charge in [0.25, 0.3) is 5.91 Å². The summed E-state index contributed by atoms with van der Waals surface area (Å²) in [6.07, 6.45) is 1.77. The van der Waals surface area contributed by atoms with E-state index < -0.39 is 11.9 Å². The van der Waals surface area contributed by atoms with Crippen LogP contribution in [0.25, 0.3) is 6.08 Å². The zero-order valence-electron chi connectivity index (χ0n) is 18.5. The summed E-state index contributed by atoms with van der Waals surface area (Å²) < 4.78 is 5.76. The smallest absolute Gasteiger partial charge is 0.335 e. The Morgan fingerprint density at radius 2 is 1.49 bits per heavy atom. The molecule has 176 valence electrons. The summed E-state index contributed by atoms with van der Waals surface area (Å²) in [4.78, 5) is 41.0. The van der Waals surface area contributed by atoms with Crippen LogP contribution in [0.15, 0.2) is 82.7 Å². The number of aliphatic imine (C=N–C) groups is 1. The maximum Gasteiger partial charge on any atom is 0.335 e. The van der Waals surface area contributed by atoms with Crippen molar-refractivity contribution in [3.8, 4) is 5.75 Å². The van der Waals surface area contributed by atoms with E-state index in [-0.39, 0.29) is 17.0 Å². The van der Waals surface area contributed by atoms with Crippen LogP contribution in [0.3, 0.4) is 0 Å². The van der Waals surface area contributed by atoms with E-state index in [4.69, 9.17) is 14.9 Å². The summed E-state index contributed by atoms with van der Waals surface area (Å²) in [7, 11) is 1.64. The molecule has 1 heterocycles. The van der Waals surface area contributed by atoms with Crippen LogP contribution in [-0.2, 0) is 11.4 Å². The maximum absolute atomic E-state index is 12.7. The number of hydrogen-bond acceptors (Lipinski definition) is 6. The number of amidine groups is 1. The SMILES string of the molecule is CN1C(=O)/C(=C/c2ccc(OCc3ccc(C(=O)O)cc3)cc2)SC1=Nc1ccc(C(=O)O)cc1. The van der Waals surface area contributed by atoms with Crippen molar-refractivity contribution in [2.24, 2.45) is 4.99 Å². The zero-order chi connectivity index (χ0) is 24.9. The Morgan fingerprint density at radius 3 is 2.06 bits per heavy atom. The predicted molar refractivity (Wildman–Crippen MR) is 133 cm³/mol. The first-order valence-electron chi connectivity index (χ1n) is 10.4. The highest BCUT2D eigenvalue weighted by molar-refractivity contribution is 8.18. The average molecular weight is 489 g/mol. The minimum Gasteiger partial charge on any atom is -0.489 e. The van der Waals surface area contributed by atoms with Crippen LogP contribution < -0.4 is 4.74 Å². The summed E-state index contributed by atoms with van der Waals surface area (Å²) >= 11 is 1.24. The molecule has 0 aliphatic carbocycles. The molecule has 3 aromatic carbocycles. The molecule has 0 atom stereocenters. The van der Waals surface area contributed by atoms with E-state index >= 15 is 0 Å². The fraction of sp³-hybridized carbons (Fsp3) is 0.0769. The Kier molecular flexibility index (Phi) is 6.98. The van der Waals surface area contributed by atoms with E-state index in [1.807, 2.05) is 12.1 Å². The van der Waals surface area contributed by atoms with Crippen molar-refractivity contribution in [2.45, 2.75) is 6.61 Å². The molecule has 9 heteroatoms. The zero-order valence-corrected chi connectivity index (χ0v) is 19.4. The molecule has 35 heavy (non-hydrogen) atoms. The van der Waals surface area contributed by atoms with E-state index in [1.165, 1.54) is 40.9 Å². The number of amides is 1. The van der Waals surface area contributed by atoms with Crippen molar-refractivity contribution < 1.29 is 29.3 Å². The van der Waals surface area contributed by atoms with Gasteiger partial charge in [0.05, 0.1) is 21.7 Å². The van der Waals surface area contributed by atoms with Crippen LogP contribution in [0.1, 0.15) is 31.8 Å². The highest BCUT2D eigenvalue weighted by Gasteiger charge is 2.30. The number of thioether (sulfide) groups is 1. The van der Waals surface area contributed by atoms with Gasteiger partial charge in [-0.2, -0.15) is 0 Å². The molecule has 3 aromatic rings. The molecule has 1 amide bonds. The molecule has 1 aliphatic rings. The number of hydrogen-bond donors (Lipinski definition) is 2. The van der Waals surface area contributed by atoms with Gasteiger partial charge in [0.15, 0.2) is 5.17 Å². The van der Waals surface area contributed by atoms with Crippen molar-refractivity contribution in [3.05, 3.63) is 100.0 Å². The average Bonchev–Trinajstić information content (AvgIpc) is 3.11. The number of carbonyl (C=O) groups excluding carboxylic acids is 1. The van der Waals surface area contributed by atoms with Crippen molar-refractivity contribution in [3.63, 3.8) is 0 Å². The first kappa shape index (κ1) is 23.8. The lowest BCUT2D eigenvalue weighted by Crippen LogP contribution is -2.23. The Labute approximate surface area is 205 Å². The van der Waals surface area contributed by atoms with Gasteiger partial charge < -0.3 is 14.9 Å². The maximum atomic E-state index is 12.7. The van der Waals surface area contributed by atoms with E-state index in [9.17, 15) is 14.4 Å². The lowest BCUT2D eigenvalue weighted by molar-refractivity contribution is -0.121. The number of carboxylic acid groups (broad SMARTS) is 2. The molecule has 2 N–H and O–H groups in total. The van der Waals surface area contributed by atoms with Crippen LogP contribution in [0.2, 0.25) is 0 Å². The Bertz CT molecular complexity index is 1330. The molecule has 0 aromatic heterocycles. The number of carbonyl (C=O) groups is 3. The van der Waals surface area contributed by atoms with Gasteiger partial charge in [-0.25, -0.2) is 14.6 Å². The van der Waals surface area contributed by atoms with Gasteiger partial charge in [0.1, 0.15) is 12.4 Å². The van der Waals surface area contributed by atoms with Crippen LogP contribution in [0.5, 0.6) is 5.75 Å². The van der Waals surface area contributed by atoms with Crippen LogP contribution in [0.4, 0.5) is 5.69 Å². The molecule has 4 rings (SSSR count). The van der Waals surface area contributed by atoms with Crippen LogP contribution in [-0.4, -0.2) is 45.2 Å². The van der Waals surface area contributed by atoms with Crippen LogP contribution in [0, 0.1) is 0 Å². The standard InChI is InChI=1S/C26H20N2O6S/c1-28-23(29)22(35-26(28)27-20-10-8-19(9-11-20)25(32)33)14-16-4-12-21(13-5-16)34-15-17-2-6-18(7-3-17)24(30)31/h2-14H,15H2,1H3,(H,30,31)(H,32,33)/b22-14-,27-26?. The monoisotopic (exact) mass is 488 g/mol. The normalized spacial score (nSPS) is 15.6. The third kappa shape index (κ3) is 5.77. The molecule has 0 unspecified atom stereocenters. The minimum atomic E-state index is -1.01. The number of aromatic carboxylic acids is 2. The van der Waals surface area contributed by atoms with Gasteiger partial charge in [0, 0.05) is 7.05 Å². The van der Waals surface area contributed by atoms with Gasteiger partial charge in [-0.3, -0.25) is 9.69 Å². The summed E-state index contributed by atoms with van der Waals surface area (Å²) in [5, 5.41) is 18.5. The molecule has 0 spiro atoms. The Morgan fingerprint density at radius 1 is 0.914 bits per heavy atom. The van der Waals surface area contributed by atoms with Crippen molar-refractivity contribution in [2.75, 3.05) is 7.05 Å². The molecule has 0 bridgehead atoms. The van der Waals surface area contributed by atoms with Crippen molar-refractivity contribution in [1.29, 1.82) is 0 Å². The number of benzene rings is 3. The second kappa shape index (κ2) is 10.3. The lowest BCUT2D eigenvalue weighted by atomic mass is 10.1.